The summed E-state index contributed by atoms with van der Waals surface area (Å²) in [4.78, 5) is 14.7. The fraction of sp³-hybridized carbons (Fsp3) is 0.545. The molecule has 108 valence electrons. The molecular formula is C11H19N9. The Kier molecular flexibility index (Phi) is 4.28. The zero-order valence-corrected chi connectivity index (χ0v) is 12.1. The first kappa shape index (κ1) is 14.0. The van der Waals surface area contributed by atoms with Crippen LogP contribution in [-0.2, 0) is 13.1 Å². The van der Waals surface area contributed by atoms with E-state index in [1.165, 1.54) is 0 Å². The molecule has 0 radical (unpaired) electrons. The van der Waals surface area contributed by atoms with Crippen LogP contribution >= 0.6 is 0 Å². The van der Waals surface area contributed by atoms with E-state index in [9.17, 15) is 0 Å². The van der Waals surface area contributed by atoms with Crippen molar-refractivity contribution in [2.24, 2.45) is 0 Å². The Morgan fingerprint density at radius 2 is 1.95 bits per heavy atom. The first-order chi connectivity index (χ1) is 9.63. The van der Waals surface area contributed by atoms with Gasteiger partial charge >= 0.3 is 0 Å². The van der Waals surface area contributed by atoms with Gasteiger partial charge in [0.25, 0.3) is 0 Å². The van der Waals surface area contributed by atoms with Crippen molar-refractivity contribution in [3.8, 4) is 0 Å². The highest BCUT2D eigenvalue weighted by Crippen LogP contribution is 2.11. The molecule has 0 atom stereocenters. The van der Waals surface area contributed by atoms with Gasteiger partial charge in [0.15, 0.2) is 5.82 Å². The molecule has 0 saturated carbocycles. The lowest BCUT2D eigenvalue weighted by atomic mass is 10.5. The first-order valence-electron chi connectivity index (χ1n) is 6.35. The second-order valence-electron chi connectivity index (χ2n) is 4.31. The summed E-state index contributed by atoms with van der Waals surface area (Å²) >= 11 is 0. The van der Waals surface area contributed by atoms with Gasteiger partial charge in [0, 0.05) is 27.7 Å². The largest absolute Gasteiger partial charge is 0.357 e. The molecule has 0 aliphatic rings. The van der Waals surface area contributed by atoms with Crippen molar-refractivity contribution in [3.63, 3.8) is 0 Å². The number of aryl methyl sites for hydroxylation is 1. The smallest absolute Gasteiger partial charge is 0.231 e. The van der Waals surface area contributed by atoms with Gasteiger partial charge in [-0.3, -0.25) is 0 Å². The van der Waals surface area contributed by atoms with Crippen molar-refractivity contribution in [1.29, 1.82) is 0 Å². The zero-order valence-electron chi connectivity index (χ0n) is 12.1. The lowest BCUT2D eigenvalue weighted by molar-refractivity contribution is 0.706. The third-order valence-electron chi connectivity index (χ3n) is 2.69. The van der Waals surface area contributed by atoms with Crippen LogP contribution in [0.4, 0.5) is 17.8 Å². The Hall–Kier alpha value is -2.45. The molecule has 2 rings (SSSR count). The Morgan fingerprint density at radius 3 is 2.60 bits per heavy atom. The molecular weight excluding hydrogens is 258 g/mol. The van der Waals surface area contributed by atoms with Crippen LogP contribution in [0.1, 0.15) is 12.7 Å². The van der Waals surface area contributed by atoms with Gasteiger partial charge in [-0.1, -0.05) is 0 Å². The van der Waals surface area contributed by atoms with E-state index in [0.717, 1.165) is 12.4 Å². The maximum absolute atomic E-state index is 4.33. The minimum Gasteiger partial charge on any atom is -0.357 e. The highest BCUT2D eigenvalue weighted by molar-refractivity contribution is 5.42. The number of hydrogen-bond donors (Lipinski definition) is 2. The van der Waals surface area contributed by atoms with Crippen LogP contribution in [0.15, 0.2) is 6.33 Å². The lowest BCUT2D eigenvalue weighted by Gasteiger charge is -2.13. The Balaban J connectivity index is 2.14. The number of nitrogens with one attached hydrogen (secondary N) is 2. The van der Waals surface area contributed by atoms with Crippen LogP contribution in [-0.4, -0.2) is 50.9 Å². The fourth-order valence-electron chi connectivity index (χ4n) is 1.59. The van der Waals surface area contributed by atoms with Gasteiger partial charge in [-0.25, -0.2) is 0 Å². The molecule has 2 aromatic rings. The van der Waals surface area contributed by atoms with Crippen molar-refractivity contribution >= 4 is 17.8 Å². The van der Waals surface area contributed by atoms with Crippen LogP contribution < -0.4 is 15.5 Å². The maximum Gasteiger partial charge on any atom is 0.231 e. The van der Waals surface area contributed by atoms with Gasteiger partial charge in [0.1, 0.15) is 6.33 Å². The summed E-state index contributed by atoms with van der Waals surface area (Å²) in [5.74, 6) is 2.44. The molecule has 0 aliphatic heterocycles. The average molecular weight is 277 g/mol. The van der Waals surface area contributed by atoms with Gasteiger partial charge in [-0.2, -0.15) is 15.0 Å². The number of aromatic nitrogens is 6. The van der Waals surface area contributed by atoms with E-state index in [4.69, 9.17) is 0 Å². The van der Waals surface area contributed by atoms with E-state index >= 15 is 0 Å². The van der Waals surface area contributed by atoms with E-state index in [0.29, 0.717) is 24.4 Å². The molecule has 0 unspecified atom stereocenters. The minimum absolute atomic E-state index is 0.499. The number of hydrogen-bond acceptors (Lipinski definition) is 8. The van der Waals surface area contributed by atoms with Gasteiger partial charge in [-0.15, -0.1) is 10.2 Å². The number of nitrogens with zero attached hydrogens (tertiary/aromatic N) is 7. The van der Waals surface area contributed by atoms with Crippen molar-refractivity contribution in [1.82, 2.24) is 29.7 Å². The standard InChI is InChI=1S/C11H19N9/c1-5-20-7-14-18-8(20)6-13-10-15-9(12-2)16-11(17-10)19(3)4/h7H,5-6H2,1-4H3,(H2,12,13,15,16,17). The molecule has 2 heterocycles. The molecule has 9 nitrogen and oxygen atoms in total. The van der Waals surface area contributed by atoms with Crippen LogP contribution in [0.2, 0.25) is 0 Å². The van der Waals surface area contributed by atoms with Crippen molar-refractivity contribution in [3.05, 3.63) is 12.2 Å². The molecule has 0 fully saturated rings. The summed E-state index contributed by atoms with van der Waals surface area (Å²) < 4.78 is 1.96. The quantitative estimate of drug-likeness (QED) is 0.773. The molecule has 20 heavy (non-hydrogen) atoms. The Bertz CT molecular complexity index is 563. The van der Waals surface area contributed by atoms with E-state index in [1.807, 2.05) is 30.5 Å². The summed E-state index contributed by atoms with van der Waals surface area (Å²) in [6.07, 6.45) is 1.70. The van der Waals surface area contributed by atoms with Crippen LogP contribution in [0, 0.1) is 0 Å². The summed E-state index contributed by atoms with van der Waals surface area (Å²) in [7, 11) is 5.53. The molecule has 2 aromatic heterocycles. The minimum atomic E-state index is 0.499. The third-order valence-corrected chi connectivity index (χ3v) is 2.69. The van der Waals surface area contributed by atoms with E-state index in [2.05, 4.69) is 35.8 Å². The SMILES string of the molecule is CCn1cnnc1CNc1nc(NC)nc(N(C)C)n1. The second kappa shape index (κ2) is 6.13. The van der Waals surface area contributed by atoms with Gasteiger partial charge in [-0.05, 0) is 6.92 Å². The highest BCUT2D eigenvalue weighted by atomic mass is 15.3. The van der Waals surface area contributed by atoms with Gasteiger partial charge < -0.3 is 20.1 Å². The maximum atomic E-state index is 4.33. The molecule has 0 saturated heterocycles. The van der Waals surface area contributed by atoms with E-state index in [-0.39, 0.29) is 0 Å². The molecule has 0 amide bonds. The average Bonchev–Trinajstić information content (AvgIpc) is 2.92. The summed E-state index contributed by atoms with van der Waals surface area (Å²) in [6, 6.07) is 0. The van der Waals surface area contributed by atoms with Crippen molar-refractivity contribution in [2.45, 2.75) is 20.0 Å². The van der Waals surface area contributed by atoms with Crippen LogP contribution in [0.5, 0.6) is 0 Å². The zero-order chi connectivity index (χ0) is 14.5. The first-order valence-corrected chi connectivity index (χ1v) is 6.35. The van der Waals surface area contributed by atoms with Gasteiger partial charge in [0.05, 0.1) is 6.54 Å². The molecule has 0 aliphatic carbocycles. The lowest BCUT2D eigenvalue weighted by Crippen LogP contribution is -2.17. The Labute approximate surface area is 117 Å². The number of anilines is 3. The highest BCUT2D eigenvalue weighted by Gasteiger charge is 2.08. The molecule has 0 spiro atoms. The number of rotatable bonds is 6. The van der Waals surface area contributed by atoms with Crippen LogP contribution in [0.3, 0.4) is 0 Å². The fourth-order valence-corrected chi connectivity index (χ4v) is 1.59. The van der Waals surface area contributed by atoms with Gasteiger partial charge in [0.2, 0.25) is 17.8 Å². The monoisotopic (exact) mass is 277 g/mol. The summed E-state index contributed by atoms with van der Waals surface area (Å²) in [5, 5.41) is 14.0. The Morgan fingerprint density at radius 1 is 1.20 bits per heavy atom. The molecule has 2 N–H and O–H groups in total. The van der Waals surface area contributed by atoms with E-state index < -0.39 is 0 Å². The molecule has 0 bridgehead atoms. The third kappa shape index (κ3) is 3.11. The van der Waals surface area contributed by atoms with Crippen LogP contribution in [0.25, 0.3) is 0 Å². The predicted octanol–water partition coefficient (Wildman–Crippen LogP) is 0.203. The second-order valence-corrected chi connectivity index (χ2v) is 4.31. The molecule has 0 aromatic carbocycles. The van der Waals surface area contributed by atoms with Crippen molar-refractivity contribution < 1.29 is 0 Å². The summed E-state index contributed by atoms with van der Waals surface area (Å²) in [6.45, 7) is 3.37. The predicted molar refractivity (Wildman–Crippen MR) is 76.7 cm³/mol. The van der Waals surface area contributed by atoms with E-state index in [1.54, 1.807) is 13.4 Å². The summed E-state index contributed by atoms with van der Waals surface area (Å²) in [5.41, 5.74) is 0. The normalized spacial score (nSPS) is 10.4. The molecule has 9 heteroatoms. The topological polar surface area (TPSA) is 96.7 Å². The van der Waals surface area contributed by atoms with Crippen molar-refractivity contribution in [2.75, 3.05) is 36.7 Å².